The molecular weight excluding hydrogens is 250 g/mol. The van der Waals surface area contributed by atoms with Crippen molar-refractivity contribution in [2.45, 2.75) is 26.2 Å². The molecule has 1 aliphatic rings. The zero-order valence-corrected chi connectivity index (χ0v) is 11.7. The Morgan fingerprint density at radius 3 is 2.55 bits per heavy atom. The van der Waals surface area contributed by atoms with Gasteiger partial charge in [-0.25, -0.2) is 4.98 Å². The summed E-state index contributed by atoms with van der Waals surface area (Å²) in [5.74, 6) is 0.724. The summed E-state index contributed by atoms with van der Waals surface area (Å²) >= 11 is 0. The summed E-state index contributed by atoms with van der Waals surface area (Å²) in [5.41, 5.74) is 2.72. The van der Waals surface area contributed by atoms with E-state index >= 15 is 0 Å². The molecule has 1 aliphatic heterocycles. The minimum absolute atomic E-state index is 0.0109. The first-order chi connectivity index (χ1) is 9.74. The minimum atomic E-state index is -0.0109. The number of H-pyrrole nitrogens is 1. The van der Waals surface area contributed by atoms with Gasteiger partial charge in [0, 0.05) is 25.1 Å². The van der Waals surface area contributed by atoms with Crippen molar-refractivity contribution in [1.82, 2.24) is 9.97 Å². The molecule has 1 fully saturated rings. The zero-order chi connectivity index (χ0) is 13.9. The smallest absolute Gasteiger partial charge is 0.256 e. The molecule has 0 spiro atoms. The van der Waals surface area contributed by atoms with Crippen LogP contribution in [0.5, 0.6) is 0 Å². The second-order valence-corrected chi connectivity index (χ2v) is 5.31. The fourth-order valence-electron chi connectivity index (χ4n) is 2.68. The number of nitrogens with zero attached hydrogens (tertiary/aromatic N) is 2. The Morgan fingerprint density at radius 2 is 1.90 bits per heavy atom. The first-order valence-corrected chi connectivity index (χ1v) is 7.13. The Labute approximate surface area is 118 Å². The quantitative estimate of drug-likeness (QED) is 0.930. The summed E-state index contributed by atoms with van der Waals surface area (Å²) in [7, 11) is 0. The molecule has 4 heteroatoms. The summed E-state index contributed by atoms with van der Waals surface area (Å²) in [6.45, 7) is 3.90. The van der Waals surface area contributed by atoms with E-state index in [0.29, 0.717) is 6.42 Å². The van der Waals surface area contributed by atoms with Crippen LogP contribution in [0.15, 0.2) is 35.1 Å². The fourth-order valence-corrected chi connectivity index (χ4v) is 2.68. The first kappa shape index (κ1) is 12.9. The molecular formula is C16H19N3O. The highest BCUT2D eigenvalue weighted by atomic mass is 16.1. The van der Waals surface area contributed by atoms with Gasteiger partial charge in [0.1, 0.15) is 0 Å². The lowest BCUT2D eigenvalue weighted by molar-refractivity contribution is 0.864. The fraction of sp³-hybridized carbons (Fsp3) is 0.375. The maximum absolute atomic E-state index is 12.3. The molecule has 3 rings (SSSR count). The van der Waals surface area contributed by atoms with Crippen LogP contribution in [-0.2, 0) is 6.42 Å². The molecule has 0 bridgehead atoms. The summed E-state index contributed by atoms with van der Waals surface area (Å²) < 4.78 is 0. The molecule has 1 aromatic heterocycles. The summed E-state index contributed by atoms with van der Waals surface area (Å²) in [5, 5.41) is 0. The highest BCUT2D eigenvalue weighted by molar-refractivity contribution is 5.35. The zero-order valence-electron chi connectivity index (χ0n) is 11.7. The number of nitrogens with one attached hydrogen (secondary N) is 1. The number of hydrogen-bond donors (Lipinski definition) is 1. The lowest BCUT2D eigenvalue weighted by Gasteiger charge is -2.17. The second kappa shape index (κ2) is 5.49. The van der Waals surface area contributed by atoms with Crippen LogP contribution in [0.4, 0.5) is 5.95 Å². The number of aryl methyl sites for hydroxylation is 1. The minimum Gasteiger partial charge on any atom is -0.342 e. The van der Waals surface area contributed by atoms with E-state index in [1.807, 2.05) is 37.3 Å². The van der Waals surface area contributed by atoms with E-state index in [1.165, 1.54) is 12.8 Å². The van der Waals surface area contributed by atoms with Crippen molar-refractivity contribution < 1.29 is 0 Å². The van der Waals surface area contributed by atoms with Gasteiger partial charge in [0.15, 0.2) is 0 Å². The molecule has 0 saturated carbocycles. The van der Waals surface area contributed by atoms with Gasteiger partial charge >= 0.3 is 0 Å². The Balaban J connectivity index is 1.90. The average Bonchev–Trinajstić information content (AvgIpc) is 2.98. The van der Waals surface area contributed by atoms with E-state index in [1.54, 1.807) is 0 Å². The van der Waals surface area contributed by atoms with E-state index in [2.05, 4.69) is 14.9 Å². The van der Waals surface area contributed by atoms with Gasteiger partial charge in [0.25, 0.3) is 5.56 Å². The van der Waals surface area contributed by atoms with Gasteiger partial charge in [-0.3, -0.25) is 9.78 Å². The van der Waals surface area contributed by atoms with Crippen LogP contribution in [0.2, 0.25) is 0 Å². The van der Waals surface area contributed by atoms with Crippen molar-refractivity contribution in [2.24, 2.45) is 0 Å². The first-order valence-electron chi connectivity index (χ1n) is 7.13. The molecule has 2 heterocycles. The van der Waals surface area contributed by atoms with E-state index < -0.39 is 0 Å². The summed E-state index contributed by atoms with van der Waals surface area (Å²) in [6.07, 6.45) is 2.98. The maximum atomic E-state index is 12.3. The second-order valence-electron chi connectivity index (χ2n) is 5.31. The van der Waals surface area contributed by atoms with Crippen molar-refractivity contribution >= 4 is 5.95 Å². The van der Waals surface area contributed by atoms with Crippen molar-refractivity contribution in [3.05, 3.63) is 57.5 Å². The van der Waals surface area contributed by atoms with Gasteiger partial charge in [-0.1, -0.05) is 30.3 Å². The van der Waals surface area contributed by atoms with E-state index in [4.69, 9.17) is 0 Å². The number of aromatic amines is 1. The van der Waals surface area contributed by atoms with Gasteiger partial charge in [0.2, 0.25) is 5.95 Å². The van der Waals surface area contributed by atoms with E-state index in [-0.39, 0.29) is 5.56 Å². The molecule has 20 heavy (non-hydrogen) atoms. The topological polar surface area (TPSA) is 49.0 Å². The molecule has 0 atom stereocenters. The third-order valence-electron chi connectivity index (χ3n) is 3.84. The Bertz CT molecular complexity index is 643. The largest absolute Gasteiger partial charge is 0.342 e. The number of aromatic nitrogens is 2. The van der Waals surface area contributed by atoms with Gasteiger partial charge < -0.3 is 4.90 Å². The predicted molar refractivity (Wildman–Crippen MR) is 80.3 cm³/mol. The normalized spacial score (nSPS) is 14.8. The third kappa shape index (κ3) is 2.59. The lowest BCUT2D eigenvalue weighted by Crippen LogP contribution is -2.26. The van der Waals surface area contributed by atoms with Crippen LogP contribution in [0, 0.1) is 6.92 Å². The lowest BCUT2D eigenvalue weighted by atomic mass is 10.1. The Morgan fingerprint density at radius 1 is 1.20 bits per heavy atom. The third-order valence-corrected chi connectivity index (χ3v) is 3.84. The molecule has 1 N–H and O–H groups in total. The highest BCUT2D eigenvalue weighted by Crippen LogP contribution is 2.16. The van der Waals surface area contributed by atoms with Gasteiger partial charge in [-0.2, -0.15) is 0 Å². The van der Waals surface area contributed by atoms with Crippen molar-refractivity contribution in [3.63, 3.8) is 0 Å². The number of hydrogen-bond acceptors (Lipinski definition) is 3. The standard InChI is InChI=1S/C16H19N3O/c1-12-14(11-13-7-3-2-4-8-13)15(20)18-16(17-12)19-9-5-6-10-19/h2-4,7-8H,5-6,9-11H2,1H3,(H,17,18,20). The molecule has 0 radical (unpaired) electrons. The van der Waals surface area contributed by atoms with Crippen LogP contribution in [0.25, 0.3) is 0 Å². The van der Waals surface area contributed by atoms with Crippen molar-refractivity contribution in [3.8, 4) is 0 Å². The molecule has 104 valence electrons. The Hall–Kier alpha value is -2.10. The molecule has 1 saturated heterocycles. The molecule has 0 unspecified atom stereocenters. The van der Waals surface area contributed by atoms with Crippen LogP contribution in [-0.4, -0.2) is 23.1 Å². The van der Waals surface area contributed by atoms with Crippen LogP contribution in [0.1, 0.15) is 29.7 Å². The van der Waals surface area contributed by atoms with E-state index in [9.17, 15) is 4.79 Å². The van der Waals surface area contributed by atoms with Crippen molar-refractivity contribution in [1.29, 1.82) is 0 Å². The monoisotopic (exact) mass is 269 g/mol. The Kier molecular flexibility index (Phi) is 3.54. The van der Waals surface area contributed by atoms with E-state index in [0.717, 1.165) is 35.9 Å². The summed E-state index contributed by atoms with van der Waals surface area (Å²) in [4.78, 5) is 22.0. The number of rotatable bonds is 3. The van der Waals surface area contributed by atoms with Crippen molar-refractivity contribution in [2.75, 3.05) is 18.0 Å². The molecule has 0 aliphatic carbocycles. The van der Waals surface area contributed by atoms with Gasteiger partial charge in [-0.05, 0) is 25.3 Å². The predicted octanol–water partition coefficient (Wildman–Crippen LogP) is 2.27. The molecule has 4 nitrogen and oxygen atoms in total. The van der Waals surface area contributed by atoms with Crippen LogP contribution < -0.4 is 10.5 Å². The number of benzene rings is 1. The van der Waals surface area contributed by atoms with Gasteiger partial charge in [0.05, 0.1) is 5.69 Å². The molecule has 1 aromatic carbocycles. The average molecular weight is 269 g/mol. The molecule has 2 aromatic rings. The number of anilines is 1. The summed E-state index contributed by atoms with van der Waals surface area (Å²) in [6, 6.07) is 10.0. The molecule has 0 amide bonds. The van der Waals surface area contributed by atoms with Crippen LogP contribution in [0.3, 0.4) is 0 Å². The SMILES string of the molecule is Cc1nc(N2CCCC2)[nH]c(=O)c1Cc1ccccc1. The van der Waals surface area contributed by atoms with Gasteiger partial charge in [-0.15, -0.1) is 0 Å². The highest BCUT2D eigenvalue weighted by Gasteiger charge is 2.16. The maximum Gasteiger partial charge on any atom is 0.256 e. The van der Waals surface area contributed by atoms with Crippen LogP contribution >= 0.6 is 0 Å².